The van der Waals surface area contributed by atoms with E-state index in [4.69, 9.17) is 4.74 Å². The van der Waals surface area contributed by atoms with Crippen LogP contribution in [0.15, 0.2) is 60.7 Å². The highest BCUT2D eigenvalue weighted by Crippen LogP contribution is 2.17. The molecule has 0 bridgehead atoms. The maximum atomic E-state index is 12.3. The topological polar surface area (TPSA) is 76.1 Å². The van der Waals surface area contributed by atoms with Gasteiger partial charge in [0.05, 0.1) is 6.10 Å². The van der Waals surface area contributed by atoms with Crippen molar-refractivity contribution in [3.05, 3.63) is 77.5 Å². The van der Waals surface area contributed by atoms with Crippen LogP contribution in [0.1, 0.15) is 35.5 Å². The first-order valence-corrected chi connectivity index (χ1v) is 9.21. The van der Waals surface area contributed by atoms with Gasteiger partial charge in [-0.25, -0.2) is 0 Å². The Bertz CT molecular complexity index is 922. The first kappa shape index (κ1) is 19.4. The summed E-state index contributed by atoms with van der Waals surface area (Å²) in [7, 11) is 0. The summed E-state index contributed by atoms with van der Waals surface area (Å²) in [5, 5.41) is 14.1. The number of rotatable bonds is 7. The van der Waals surface area contributed by atoms with Crippen molar-refractivity contribution in [2.45, 2.75) is 33.4 Å². The second-order valence-electron chi connectivity index (χ2n) is 6.73. The molecule has 0 aliphatic rings. The number of aromatic nitrogens is 2. The van der Waals surface area contributed by atoms with Crippen LogP contribution in [0.4, 0.5) is 11.5 Å². The van der Waals surface area contributed by atoms with E-state index >= 15 is 0 Å². The van der Waals surface area contributed by atoms with Crippen molar-refractivity contribution in [2.24, 2.45) is 0 Å². The van der Waals surface area contributed by atoms with Crippen molar-refractivity contribution in [3.63, 3.8) is 0 Å². The Kier molecular flexibility index (Phi) is 6.22. The SMILES string of the molecule is Cc1ccccc1CNc1ccc(C(=O)Nc2ccc(OC(C)C)cc2)nn1. The van der Waals surface area contributed by atoms with Gasteiger partial charge in [-0.1, -0.05) is 24.3 Å². The van der Waals surface area contributed by atoms with E-state index in [1.54, 1.807) is 24.3 Å². The normalized spacial score (nSPS) is 10.6. The minimum atomic E-state index is -0.310. The van der Waals surface area contributed by atoms with Gasteiger partial charge in [-0.05, 0) is 68.3 Å². The number of nitrogens with zero attached hydrogens (tertiary/aromatic N) is 2. The number of hydrogen-bond acceptors (Lipinski definition) is 5. The number of hydrogen-bond donors (Lipinski definition) is 2. The third-order valence-electron chi connectivity index (χ3n) is 4.10. The number of aryl methyl sites for hydroxylation is 1. The zero-order chi connectivity index (χ0) is 19.9. The predicted octanol–water partition coefficient (Wildman–Crippen LogP) is 4.44. The summed E-state index contributed by atoms with van der Waals surface area (Å²) in [5.74, 6) is 1.07. The molecule has 0 saturated heterocycles. The highest BCUT2D eigenvalue weighted by atomic mass is 16.5. The van der Waals surface area contributed by atoms with Crippen molar-refractivity contribution in [1.29, 1.82) is 0 Å². The lowest BCUT2D eigenvalue weighted by Gasteiger charge is -2.10. The summed E-state index contributed by atoms with van der Waals surface area (Å²) in [6, 6.07) is 18.8. The van der Waals surface area contributed by atoms with Crippen LogP contribution >= 0.6 is 0 Å². The van der Waals surface area contributed by atoms with E-state index in [0.717, 1.165) is 5.75 Å². The number of carbonyl (C=O) groups excluding carboxylic acids is 1. The number of ether oxygens (including phenoxy) is 1. The first-order chi connectivity index (χ1) is 13.5. The van der Waals surface area contributed by atoms with Crippen LogP contribution in [0.25, 0.3) is 0 Å². The summed E-state index contributed by atoms with van der Waals surface area (Å²) >= 11 is 0. The molecule has 0 saturated carbocycles. The molecule has 0 aliphatic carbocycles. The van der Waals surface area contributed by atoms with E-state index in [-0.39, 0.29) is 17.7 Å². The zero-order valence-electron chi connectivity index (χ0n) is 16.3. The Hall–Kier alpha value is -3.41. The molecule has 0 aliphatic heterocycles. The van der Waals surface area contributed by atoms with Crippen LogP contribution in [-0.4, -0.2) is 22.2 Å². The molecular formula is C22H24N4O2. The Labute approximate surface area is 165 Å². The molecule has 0 unspecified atom stereocenters. The van der Waals surface area contributed by atoms with Gasteiger partial charge in [0.1, 0.15) is 11.6 Å². The number of benzene rings is 2. The van der Waals surface area contributed by atoms with Gasteiger partial charge in [0, 0.05) is 12.2 Å². The minimum absolute atomic E-state index is 0.105. The number of nitrogens with one attached hydrogen (secondary N) is 2. The Morgan fingerprint density at radius 1 is 1.00 bits per heavy atom. The van der Waals surface area contributed by atoms with E-state index < -0.39 is 0 Å². The number of amides is 1. The fraction of sp³-hybridized carbons (Fsp3) is 0.227. The summed E-state index contributed by atoms with van der Waals surface area (Å²) in [5.41, 5.74) is 3.33. The lowest BCUT2D eigenvalue weighted by atomic mass is 10.1. The van der Waals surface area contributed by atoms with Crippen molar-refractivity contribution in [1.82, 2.24) is 10.2 Å². The van der Waals surface area contributed by atoms with Crippen LogP contribution in [0.5, 0.6) is 5.75 Å². The van der Waals surface area contributed by atoms with Crippen LogP contribution in [0.2, 0.25) is 0 Å². The van der Waals surface area contributed by atoms with Gasteiger partial charge in [0.2, 0.25) is 0 Å². The predicted molar refractivity (Wildman–Crippen MR) is 111 cm³/mol. The fourth-order valence-electron chi connectivity index (χ4n) is 2.63. The summed E-state index contributed by atoms with van der Waals surface area (Å²) < 4.78 is 5.59. The number of carbonyl (C=O) groups is 1. The van der Waals surface area contributed by atoms with E-state index in [0.29, 0.717) is 18.1 Å². The van der Waals surface area contributed by atoms with Gasteiger partial charge in [0.15, 0.2) is 5.69 Å². The Morgan fingerprint density at radius 3 is 2.39 bits per heavy atom. The van der Waals surface area contributed by atoms with Crippen LogP contribution in [0, 0.1) is 6.92 Å². The van der Waals surface area contributed by atoms with Gasteiger partial charge in [-0.15, -0.1) is 10.2 Å². The molecule has 1 heterocycles. The van der Waals surface area contributed by atoms with Crippen molar-refractivity contribution >= 4 is 17.4 Å². The molecule has 0 fully saturated rings. The second-order valence-corrected chi connectivity index (χ2v) is 6.73. The average Bonchev–Trinajstić information content (AvgIpc) is 2.69. The zero-order valence-corrected chi connectivity index (χ0v) is 16.3. The number of anilines is 2. The van der Waals surface area contributed by atoms with Gasteiger partial charge >= 0.3 is 0 Å². The summed E-state index contributed by atoms with van der Waals surface area (Å²) in [6.45, 7) is 6.65. The third-order valence-corrected chi connectivity index (χ3v) is 4.10. The van der Waals surface area contributed by atoms with Gasteiger partial charge in [-0.3, -0.25) is 4.79 Å². The van der Waals surface area contributed by atoms with Crippen molar-refractivity contribution in [2.75, 3.05) is 10.6 Å². The molecule has 0 atom stereocenters. The molecule has 1 amide bonds. The van der Waals surface area contributed by atoms with E-state index in [1.165, 1.54) is 11.1 Å². The molecule has 2 aromatic carbocycles. The fourth-order valence-corrected chi connectivity index (χ4v) is 2.63. The Balaban J connectivity index is 1.56. The molecule has 0 spiro atoms. The van der Waals surface area contributed by atoms with Crippen molar-refractivity contribution < 1.29 is 9.53 Å². The average molecular weight is 376 g/mol. The largest absolute Gasteiger partial charge is 0.491 e. The molecule has 6 nitrogen and oxygen atoms in total. The molecule has 3 aromatic rings. The highest BCUT2D eigenvalue weighted by molar-refractivity contribution is 6.02. The minimum Gasteiger partial charge on any atom is -0.491 e. The van der Waals surface area contributed by atoms with Gasteiger partial charge in [0.25, 0.3) is 5.91 Å². The molecule has 0 radical (unpaired) electrons. The van der Waals surface area contributed by atoms with Crippen LogP contribution in [0.3, 0.4) is 0 Å². The molecule has 1 aromatic heterocycles. The molecule has 28 heavy (non-hydrogen) atoms. The van der Waals surface area contributed by atoms with Crippen LogP contribution < -0.4 is 15.4 Å². The standard InChI is InChI=1S/C22H24N4O2/c1-15(2)28-19-10-8-18(9-11-19)24-22(27)20-12-13-21(26-25-20)23-14-17-7-5-4-6-16(17)3/h4-13,15H,14H2,1-3H3,(H,23,26)(H,24,27). The second kappa shape index (κ2) is 8.99. The van der Waals surface area contributed by atoms with E-state index in [2.05, 4.69) is 39.9 Å². The summed E-state index contributed by atoms with van der Waals surface area (Å²) in [4.78, 5) is 12.3. The van der Waals surface area contributed by atoms with Crippen LogP contribution in [-0.2, 0) is 6.54 Å². The molecule has 144 valence electrons. The molecule has 2 N–H and O–H groups in total. The maximum absolute atomic E-state index is 12.3. The van der Waals surface area contributed by atoms with Gasteiger partial charge < -0.3 is 15.4 Å². The quantitative estimate of drug-likeness (QED) is 0.638. The lowest BCUT2D eigenvalue weighted by molar-refractivity contribution is 0.102. The van der Waals surface area contributed by atoms with Crippen molar-refractivity contribution in [3.8, 4) is 5.75 Å². The van der Waals surface area contributed by atoms with E-state index in [1.807, 2.05) is 38.1 Å². The molecule has 6 heteroatoms. The first-order valence-electron chi connectivity index (χ1n) is 9.21. The molecule has 3 rings (SSSR count). The highest BCUT2D eigenvalue weighted by Gasteiger charge is 2.09. The third kappa shape index (κ3) is 5.30. The Morgan fingerprint density at radius 2 is 1.75 bits per heavy atom. The monoisotopic (exact) mass is 376 g/mol. The summed E-state index contributed by atoms with van der Waals surface area (Å²) in [6.07, 6.45) is 0.105. The lowest BCUT2D eigenvalue weighted by Crippen LogP contribution is -2.15. The van der Waals surface area contributed by atoms with Gasteiger partial charge in [-0.2, -0.15) is 0 Å². The smallest absolute Gasteiger partial charge is 0.276 e. The maximum Gasteiger partial charge on any atom is 0.276 e. The molecular weight excluding hydrogens is 352 g/mol. The van der Waals surface area contributed by atoms with E-state index in [9.17, 15) is 4.79 Å².